The van der Waals surface area contributed by atoms with Crippen LogP contribution in [0.2, 0.25) is 0 Å². The summed E-state index contributed by atoms with van der Waals surface area (Å²) in [5, 5.41) is 23.5. The van der Waals surface area contributed by atoms with Crippen LogP contribution in [0, 0.1) is 17.8 Å². The zero-order chi connectivity index (χ0) is 28.6. The van der Waals surface area contributed by atoms with Gasteiger partial charge in [-0.2, -0.15) is 0 Å². The molecule has 2 aromatic heterocycles. The average Bonchev–Trinajstić information content (AvgIpc) is 3.49. The van der Waals surface area contributed by atoms with Crippen LogP contribution in [0.25, 0.3) is 11.2 Å². The van der Waals surface area contributed by atoms with E-state index < -0.39 is 42.6 Å². The van der Waals surface area contributed by atoms with E-state index in [1.165, 1.54) is 15.8 Å². The summed E-state index contributed by atoms with van der Waals surface area (Å²) in [4.78, 5) is 52.2. The Kier molecular flexibility index (Phi) is 7.74. The maximum Gasteiger partial charge on any atom is 0.410 e. The zero-order valence-corrected chi connectivity index (χ0v) is 22.2. The number of aliphatic hydroxyl groups excluding tert-OH is 2. The second kappa shape index (κ2) is 11.2. The van der Waals surface area contributed by atoms with Gasteiger partial charge in [-0.15, -0.1) is 0 Å². The smallest absolute Gasteiger partial charge is 0.410 e. The first-order chi connectivity index (χ1) is 19.2. The second-order valence-electron chi connectivity index (χ2n) is 10.1. The molecule has 5 rings (SSSR count). The van der Waals surface area contributed by atoms with Crippen LogP contribution in [0.1, 0.15) is 38.2 Å². The van der Waals surface area contributed by atoms with Gasteiger partial charge in [0.15, 0.2) is 29.9 Å². The third kappa shape index (κ3) is 5.25. The van der Waals surface area contributed by atoms with E-state index in [9.17, 15) is 24.6 Å². The molecule has 0 bridgehead atoms. The minimum absolute atomic E-state index is 0.0873. The van der Waals surface area contributed by atoms with Crippen molar-refractivity contribution < 1.29 is 34.1 Å². The van der Waals surface area contributed by atoms with Crippen molar-refractivity contribution in [1.82, 2.24) is 34.6 Å². The van der Waals surface area contributed by atoms with Crippen LogP contribution in [0.15, 0.2) is 6.33 Å². The molecule has 5 heterocycles. The number of imidazole rings is 1. The van der Waals surface area contributed by atoms with Crippen LogP contribution in [0.3, 0.4) is 0 Å². The third-order valence-electron chi connectivity index (χ3n) is 7.37. The number of amides is 3. The van der Waals surface area contributed by atoms with Crippen molar-refractivity contribution >= 4 is 34.9 Å². The van der Waals surface area contributed by atoms with Crippen molar-refractivity contribution in [1.29, 1.82) is 0 Å². The SMILES string of the molecule is CCNC(=O)C1OC(n2cnc3c(N)nc(C#CCC4CCN(C(=O)OC5CN(C)C5=O)CC4)nc32)C(O)C1O. The van der Waals surface area contributed by atoms with E-state index >= 15 is 0 Å². The standard InChI is InChI=1S/C25H32N8O7/c1-3-27-22(36)19-17(34)18(35)24(40-19)33-12-28-16-20(26)29-15(30-21(16)33)6-4-5-13-7-9-32(10-8-13)25(38)39-14-11-31(2)23(14)37/h12-14,17-19,24,34-35H,3,5,7-11H2,1-2H3,(H,27,36)(H2,26,29,30). The van der Waals surface area contributed by atoms with E-state index in [-0.39, 0.29) is 34.6 Å². The topological polar surface area (TPSA) is 198 Å². The van der Waals surface area contributed by atoms with E-state index in [1.54, 1.807) is 18.9 Å². The van der Waals surface area contributed by atoms with Crippen molar-refractivity contribution in [3.05, 3.63) is 12.2 Å². The lowest BCUT2D eigenvalue weighted by Crippen LogP contribution is -2.57. The number of likely N-dealkylation sites (N-methyl/N-ethyl adjacent to an activating group) is 2. The summed E-state index contributed by atoms with van der Waals surface area (Å²) in [5.41, 5.74) is 6.60. The molecule has 0 aromatic carbocycles. The number of aromatic nitrogens is 4. The Hall–Kier alpha value is -4.00. The van der Waals surface area contributed by atoms with Gasteiger partial charge in [0.05, 0.1) is 12.9 Å². The van der Waals surface area contributed by atoms with Gasteiger partial charge in [0.1, 0.15) is 17.7 Å². The summed E-state index contributed by atoms with van der Waals surface area (Å²) in [6.07, 6.45) is -2.99. The number of β-lactam (4-membered cyclic amide) rings is 1. The molecule has 0 spiro atoms. The minimum atomic E-state index is -1.44. The maximum absolute atomic E-state index is 12.3. The number of carbonyl (C=O) groups excluding carboxylic acids is 3. The van der Waals surface area contributed by atoms with Crippen molar-refractivity contribution in [2.45, 2.75) is 56.8 Å². The predicted molar refractivity (Wildman–Crippen MR) is 138 cm³/mol. The number of nitrogens with two attached hydrogens (primary N) is 1. The van der Waals surface area contributed by atoms with E-state index in [0.29, 0.717) is 32.6 Å². The largest absolute Gasteiger partial charge is 0.434 e. The number of carbonyl (C=O) groups is 3. The molecule has 40 heavy (non-hydrogen) atoms. The highest BCUT2D eigenvalue weighted by Crippen LogP contribution is 2.32. The number of piperidine rings is 1. The number of ether oxygens (including phenoxy) is 2. The Labute approximate surface area is 229 Å². The lowest BCUT2D eigenvalue weighted by Gasteiger charge is -2.37. The highest BCUT2D eigenvalue weighted by Gasteiger charge is 2.47. The van der Waals surface area contributed by atoms with Crippen LogP contribution in [0.5, 0.6) is 0 Å². The molecule has 0 aliphatic carbocycles. The van der Waals surface area contributed by atoms with Crippen LogP contribution in [-0.2, 0) is 19.1 Å². The van der Waals surface area contributed by atoms with Gasteiger partial charge in [0.2, 0.25) is 5.82 Å². The molecule has 214 valence electrons. The van der Waals surface area contributed by atoms with Crippen molar-refractivity contribution in [3.8, 4) is 11.8 Å². The molecule has 3 saturated heterocycles. The van der Waals surface area contributed by atoms with Crippen LogP contribution in [-0.4, -0.2) is 115 Å². The van der Waals surface area contributed by atoms with Crippen LogP contribution >= 0.6 is 0 Å². The van der Waals surface area contributed by atoms with Crippen molar-refractivity contribution in [2.75, 3.05) is 39.0 Å². The summed E-state index contributed by atoms with van der Waals surface area (Å²) < 4.78 is 12.4. The van der Waals surface area contributed by atoms with Gasteiger partial charge in [0.25, 0.3) is 11.8 Å². The molecule has 3 aliphatic heterocycles. The number of hydrogen-bond acceptors (Lipinski definition) is 11. The first kappa shape index (κ1) is 27.6. The van der Waals surface area contributed by atoms with E-state index in [2.05, 4.69) is 32.1 Å². The van der Waals surface area contributed by atoms with Gasteiger partial charge in [-0.05, 0) is 31.6 Å². The molecule has 0 saturated carbocycles. The van der Waals surface area contributed by atoms with E-state index in [4.69, 9.17) is 15.2 Å². The number of hydrogen-bond donors (Lipinski definition) is 4. The maximum atomic E-state index is 12.3. The number of anilines is 1. The number of fused-ring (bicyclic) bond motifs is 1. The molecule has 5 N–H and O–H groups in total. The minimum Gasteiger partial charge on any atom is -0.434 e. The Bertz CT molecular complexity index is 1360. The average molecular weight is 557 g/mol. The number of rotatable bonds is 5. The van der Waals surface area contributed by atoms with Gasteiger partial charge in [0, 0.05) is 33.1 Å². The Morgan fingerprint density at radius 1 is 1.25 bits per heavy atom. The number of nitrogen functional groups attached to an aromatic ring is 1. The molecular formula is C25H32N8O7. The fraction of sp³-hybridized carbons (Fsp3) is 0.600. The van der Waals surface area contributed by atoms with Gasteiger partial charge >= 0.3 is 6.09 Å². The Morgan fingerprint density at radius 3 is 2.67 bits per heavy atom. The summed E-state index contributed by atoms with van der Waals surface area (Å²) >= 11 is 0. The molecule has 15 heteroatoms. The highest BCUT2D eigenvalue weighted by atomic mass is 16.6. The number of nitrogens with one attached hydrogen (secondary N) is 1. The number of aliphatic hydroxyl groups is 2. The van der Waals surface area contributed by atoms with Crippen LogP contribution in [0.4, 0.5) is 10.6 Å². The van der Waals surface area contributed by atoms with Gasteiger partial charge in [-0.25, -0.2) is 19.7 Å². The molecule has 2 aromatic rings. The molecule has 5 unspecified atom stereocenters. The fourth-order valence-electron chi connectivity index (χ4n) is 4.99. The first-order valence-corrected chi connectivity index (χ1v) is 13.2. The molecule has 5 atom stereocenters. The van der Waals surface area contributed by atoms with Gasteiger partial charge in [-0.3, -0.25) is 14.2 Å². The number of nitrogens with zero attached hydrogens (tertiary/aromatic N) is 6. The van der Waals surface area contributed by atoms with Crippen molar-refractivity contribution in [3.63, 3.8) is 0 Å². The summed E-state index contributed by atoms with van der Waals surface area (Å²) in [5.74, 6) is 5.78. The predicted octanol–water partition coefficient (Wildman–Crippen LogP) is -1.41. The summed E-state index contributed by atoms with van der Waals surface area (Å²) in [7, 11) is 1.66. The van der Waals surface area contributed by atoms with Crippen LogP contribution < -0.4 is 11.1 Å². The summed E-state index contributed by atoms with van der Waals surface area (Å²) in [6.45, 7) is 3.53. The molecule has 3 amide bonds. The lowest BCUT2D eigenvalue weighted by molar-refractivity contribution is -0.154. The quantitative estimate of drug-likeness (QED) is 0.249. The monoisotopic (exact) mass is 556 g/mol. The molecule has 3 fully saturated rings. The normalized spacial score (nSPS) is 26.8. The zero-order valence-electron chi connectivity index (χ0n) is 22.2. The lowest BCUT2D eigenvalue weighted by atomic mass is 9.94. The first-order valence-electron chi connectivity index (χ1n) is 13.2. The van der Waals surface area contributed by atoms with Gasteiger partial charge < -0.3 is 40.5 Å². The fourth-order valence-corrected chi connectivity index (χ4v) is 4.99. The summed E-state index contributed by atoms with van der Waals surface area (Å²) in [6, 6.07) is 0. The van der Waals surface area contributed by atoms with Gasteiger partial charge in [-0.1, -0.05) is 5.92 Å². The highest BCUT2D eigenvalue weighted by molar-refractivity contribution is 5.88. The Balaban J connectivity index is 1.21. The molecule has 15 nitrogen and oxygen atoms in total. The van der Waals surface area contributed by atoms with Crippen molar-refractivity contribution in [2.24, 2.45) is 5.92 Å². The number of likely N-dealkylation sites (tertiary alicyclic amines) is 2. The Morgan fingerprint density at radius 2 is 2.00 bits per heavy atom. The third-order valence-corrected chi connectivity index (χ3v) is 7.37. The molecule has 0 radical (unpaired) electrons. The van der Waals surface area contributed by atoms with E-state index in [0.717, 1.165) is 12.8 Å². The second-order valence-corrected chi connectivity index (χ2v) is 10.1. The molecular weight excluding hydrogens is 524 g/mol. The molecule has 3 aliphatic rings. The van der Waals surface area contributed by atoms with E-state index in [1.807, 2.05) is 0 Å².